The summed E-state index contributed by atoms with van der Waals surface area (Å²) in [6.07, 6.45) is 1.89. The quantitative estimate of drug-likeness (QED) is 0.426. The molecule has 0 unspecified atom stereocenters. The Bertz CT molecular complexity index is 1240. The molecule has 11 heteroatoms. The molecule has 2 aromatic carbocycles. The molecule has 2 amide bonds. The minimum atomic E-state index is -4.51. The number of hydrogen-bond acceptors (Lipinski definition) is 5. The molecule has 33 heavy (non-hydrogen) atoms. The second-order valence-corrected chi connectivity index (χ2v) is 7.13. The second-order valence-electron chi connectivity index (χ2n) is 7.13. The van der Waals surface area contributed by atoms with Crippen LogP contribution in [0.2, 0.25) is 0 Å². The smallest absolute Gasteiger partial charge is 0.308 e. The number of carbonyl (C=O) groups is 1. The van der Waals surface area contributed by atoms with Crippen molar-refractivity contribution in [2.45, 2.75) is 19.1 Å². The van der Waals surface area contributed by atoms with Gasteiger partial charge in [-0.3, -0.25) is 9.84 Å². The summed E-state index contributed by atoms with van der Waals surface area (Å²) < 4.78 is 45.1. The first-order chi connectivity index (χ1) is 15.8. The monoisotopic (exact) mass is 455 g/mol. The zero-order chi connectivity index (χ0) is 23.4. The van der Waals surface area contributed by atoms with Crippen molar-refractivity contribution < 1.29 is 27.2 Å². The molecule has 0 aliphatic heterocycles. The van der Waals surface area contributed by atoms with E-state index in [1.807, 2.05) is 31.2 Å². The van der Waals surface area contributed by atoms with Crippen LogP contribution in [0.3, 0.4) is 0 Å². The van der Waals surface area contributed by atoms with Gasteiger partial charge < -0.3 is 5.32 Å². The lowest BCUT2D eigenvalue weighted by atomic mass is 10.0. The van der Waals surface area contributed by atoms with E-state index in [0.29, 0.717) is 0 Å². The SMILES string of the molecule is C[C@@H](c1ccc(-c2cncnc2)cc1)[n+]1cc(NC(=O)Nc2cccc(C(F)(F)F)c2)on1. The van der Waals surface area contributed by atoms with Gasteiger partial charge in [0.1, 0.15) is 6.33 Å². The first kappa shape index (κ1) is 21.9. The number of urea groups is 1. The van der Waals surface area contributed by atoms with Gasteiger partial charge in [0, 0.05) is 36.1 Å². The Hall–Kier alpha value is -4.28. The summed E-state index contributed by atoms with van der Waals surface area (Å²) in [5.74, 6) is 0.0318. The number of carbonyl (C=O) groups excluding carboxylic acids is 1. The molecule has 8 nitrogen and oxygen atoms in total. The van der Waals surface area contributed by atoms with Gasteiger partial charge in [0.15, 0.2) is 0 Å². The number of hydrogen-bond donors (Lipinski definition) is 2. The molecule has 0 aliphatic rings. The Morgan fingerprint density at radius 1 is 1.03 bits per heavy atom. The zero-order valence-electron chi connectivity index (χ0n) is 17.2. The van der Waals surface area contributed by atoms with E-state index in [1.165, 1.54) is 29.3 Å². The summed E-state index contributed by atoms with van der Waals surface area (Å²) >= 11 is 0. The molecule has 4 rings (SSSR count). The Morgan fingerprint density at radius 2 is 1.76 bits per heavy atom. The standard InChI is InChI=1S/C22H17F3N6O2/c1-14(15-5-7-16(8-6-15)17-10-26-13-27-11-17)31-12-20(33-30-31)29-21(32)28-19-4-2-3-18(9-19)22(23,24)25/h2-14H,1H3,(H-,28,29,30,32)/p+1/t14-/m0/s1. The number of alkyl halides is 3. The number of aromatic nitrogens is 4. The predicted octanol–water partition coefficient (Wildman–Crippen LogP) is 4.69. The predicted molar refractivity (Wildman–Crippen MR) is 112 cm³/mol. The van der Waals surface area contributed by atoms with Crippen LogP contribution < -0.4 is 15.3 Å². The first-order valence-corrected chi connectivity index (χ1v) is 9.78. The van der Waals surface area contributed by atoms with Crippen molar-refractivity contribution in [2.75, 3.05) is 10.6 Å². The van der Waals surface area contributed by atoms with E-state index in [-0.39, 0.29) is 17.6 Å². The highest BCUT2D eigenvalue weighted by atomic mass is 19.4. The van der Waals surface area contributed by atoms with Crippen molar-refractivity contribution in [3.63, 3.8) is 0 Å². The number of rotatable bonds is 5. The van der Waals surface area contributed by atoms with Gasteiger partial charge in [-0.05, 0) is 28.4 Å². The lowest BCUT2D eigenvalue weighted by molar-refractivity contribution is -0.774. The summed E-state index contributed by atoms with van der Waals surface area (Å²) in [5, 5.41) is 8.66. The molecule has 2 N–H and O–H groups in total. The van der Waals surface area contributed by atoms with E-state index < -0.39 is 17.8 Å². The van der Waals surface area contributed by atoms with Gasteiger partial charge >= 0.3 is 18.1 Å². The molecule has 0 saturated carbocycles. The fourth-order valence-corrected chi connectivity index (χ4v) is 3.10. The fourth-order valence-electron chi connectivity index (χ4n) is 3.10. The lowest BCUT2D eigenvalue weighted by Gasteiger charge is -2.09. The van der Waals surface area contributed by atoms with Gasteiger partial charge in [-0.15, -0.1) is 0 Å². The molecule has 0 bridgehead atoms. The molecule has 0 radical (unpaired) electrons. The maximum Gasteiger partial charge on any atom is 0.416 e. The number of nitrogens with zero attached hydrogens (tertiary/aromatic N) is 4. The van der Waals surface area contributed by atoms with Crippen LogP contribution in [0, 0.1) is 0 Å². The molecule has 2 aromatic heterocycles. The Morgan fingerprint density at radius 3 is 2.45 bits per heavy atom. The summed E-state index contributed by atoms with van der Waals surface area (Å²) in [4.78, 5) is 20.2. The number of amides is 2. The highest BCUT2D eigenvalue weighted by Crippen LogP contribution is 2.30. The summed E-state index contributed by atoms with van der Waals surface area (Å²) in [6, 6.07) is 11.1. The number of halogens is 3. The van der Waals surface area contributed by atoms with Gasteiger partial charge in [0.2, 0.25) is 11.3 Å². The van der Waals surface area contributed by atoms with Crippen LogP contribution in [0.5, 0.6) is 0 Å². The third-order valence-corrected chi connectivity index (χ3v) is 4.85. The summed E-state index contributed by atoms with van der Waals surface area (Å²) in [5.41, 5.74) is 1.92. The van der Waals surface area contributed by atoms with Crippen LogP contribution in [-0.4, -0.2) is 21.3 Å². The van der Waals surface area contributed by atoms with Crippen molar-refractivity contribution in [3.05, 3.63) is 84.6 Å². The largest absolute Gasteiger partial charge is 0.416 e. The average molecular weight is 455 g/mol. The average Bonchev–Trinajstić information content (AvgIpc) is 3.27. The molecule has 0 spiro atoms. The maximum atomic E-state index is 12.8. The van der Waals surface area contributed by atoms with Crippen molar-refractivity contribution in [3.8, 4) is 11.1 Å². The number of anilines is 2. The molecular weight excluding hydrogens is 437 g/mol. The molecule has 0 fully saturated rings. The molecule has 1 atom stereocenters. The van der Waals surface area contributed by atoms with E-state index in [2.05, 4.69) is 25.9 Å². The second kappa shape index (κ2) is 9.07. The highest BCUT2D eigenvalue weighted by molar-refractivity contribution is 5.98. The van der Waals surface area contributed by atoms with Crippen molar-refractivity contribution >= 4 is 17.6 Å². The highest BCUT2D eigenvalue weighted by Gasteiger charge is 2.30. The molecule has 168 valence electrons. The summed E-state index contributed by atoms with van der Waals surface area (Å²) in [6.45, 7) is 1.90. The van der Waals surface area contributed by atoms with Crippen molar-refractivity contribution in [2.24, 2.45) is 0 Å². The van der Waals surface area contributed by atoms with E-state index >= 15 is 0 Å². The van der Waals surface area contributed by atoms with Crippen LogP contribution in [0.4, 0.5) is 29.5 Å². The van der Waals surface area contributed by atoms with Crippen LogP contribution in [0.1, 0.15) is 24.1 Å². The van der Waals surface area contributed by atoms with Gasteiger partial charge in [-0.25, -0.2) is 14.8 Å². The third kappa shape index (κ3) is 5.32. The van der Waals surface area contributed by atoms with Crippen molar-refractivity contribution in [1.29, 1.82) is 0 Å². The zero-order valence-corrected chi connectivity index (χ0v) is 17.2. The minimum absolute atomic E-state index is 0.00742. The first-order valence-electron chi connectivity index (χ1n) is 9.78. The normalized spacial score (nSPS) is 12.2. The minimum Gasteiger partial charge on any atom is -0.308 e. The van der Waals surface area contributed by atoms with Gasteiger partial charge in [-0.2, -0.15) is 13.2 Å². The van der Waals surface area contributed by atoms with Crippen LogP contribution in [0.25, 0.3) is 11.1 Å². The van der Waals surface area contributed by atoms with Crippen LogP contribution in [-0.2, 0) is 6.18 Å². The van der Waals surface area contributed by atoms with E-state index in [1.54, 1.807) is 12.4 Å². The molecule has 0 aliphatic carbocycles. The van der Waals surface area contributed by atoms with Gasteiger partial charge in [0.25, 0.3) is 6.20 Å². The topological polar surface area (TPSA) is 96.8 Å². The molecule has 0 saturated heterocycles. The van der Waals surface area contributed by atoms with Gasteiger partial charge in [-0.1, -0.05) is 30.3 Å². The summed E-state index contributed by atoms with van der Waals surface area (Å²) in [7, 11) is 0. The van der Waals surface area contributed by atoms with E-state index in [4.69, 9.17) is 4.52 Å². The van der Waals surface area contributed by atoms with Crippen LogP contribution in [0.15, 0.2) is 78.0 Å². The fraction of sp³-hybridized carbons (Fsp3) is 0.136. The number of benzene rings is 2. The third-order valence-electron chi connectivity index (χ3n) is 4.85. The lowest BCUT2D eigenvalue weighted by Crippen LogP contribution is -2.39. The maximum absolute atomic E-state index is 12.8. The molecule has 2 heterocycles. The number of nitrogens with one attached hydrogen (secondary N) is 2. The Kier molecular flexibility index (Phi) is 6.03. The Balaban J connectivity index is 1.40. The van der Waals surface area contributed by atoms with E-state index in [0.717, 1.165) is 28.8 Å². The van der Waals surface area contributed by atoms with Crippen molar-refractivity contribution in [1.82, 2.24) is 15.2 Å². The molecular formula is C22H18F3N6O2+. The van der Waals surface area contributed by atoms with Gasteiger partial charge in [0.05, 0.1) is 5.56 Å². The van der Waals surface area contributed by atoms with Crippen LogP contribution >= 0.6 is 0 Å². The molecule has 4 aromatic rings. The Labute approximate surface area is 186 Å². The van der Waals surface area contributed by atoms with E-state index in [9.17, 15) is 18.0 Å².